The first-order valence-corrected chi connectivity index (χ1v) is 8.04. The zero-order valence-corrected chi connectivity index (χ0v) is 13.9. The highest BCUT2D eigenvalue weighted by molar-refractivity contribution is 5.30. The molecule has 0 aromatic heterocycles. The average molecular weight is 273 g/mol. The number of aryl methyl sites for hydroxylation is 2. The first-order chi connectivity index (χ1) is 9.18. The van der Waals surface area contributed by atoms with Crippen LogP contribution in [-0.2, 0) is 6.42 Å². The maximum atomic E-state index is 6.70. The molecule has 0 amide bonds. The van der Waals surface area contributed by atoms with Crippen LogP contribution in [0.25, 0.3) is 0 Å². The number of hydrogen-bond donors (Lipinski definition) is 1. The molecule has 0 bridgehead atoms. The van der Waals surface area contributed by atoms with E-state index in [-0.39, 0.29) is 5.54 Å². The molecule has 1 nitrogen and oxygen atoms in total. The smallest absolute Gasteiger partial charge is 0.0195 e. The minimum Gasteiger partial charge on any atom is -0.325 e. The molecule has 20 heavy (non-hydrogen) atoms. The third-order valence-electron chi connectivity index (χ3n) is 5.04. The molecular weight excluding hydrogens is 242 g/mol. The van der Waals surface area contributed by atoms with Crippen LogP contribution >= 0.6 is 0 Å². The number of benzene rings is 1. The van der Waals surface area contributed by atoms with Gasteiger partial charge in [0, 0.05) is 5.54 Å². The summed E-state index contributed by atoms with van der Waals surface area (Å²) in [4.78, 5) is 0. The highest BCUT2D eigenvalue weighted by Crippen LogP contribution is 2.41. The summed E-state index contributed by atoms with van der Waals surface area (Å²) in [6, 6.07) is 6.85. The van der Waals surface area contributed by atoms with Crippen LogP contribution in [0.2, 0.25) is 0 Å². The Morgan fingerprint density at radius 2 is 1.55 bits per heavy atom. The van der Waals surface area contributed by atoms with Gasteiger partial charge in [-0.25, -0.2) is 0 Å². The van der Waals surface area contributed by atoms with Gasteiger partial charge in [-0.3, -0.25) is 0 Å². The van der Waals surface area contributed by atoms with Crippen LogP contribution in [-0.4, -0.2) is 5.54 Å². The van der Waals surface area contributed by atoms with Gasteiger partial charge >= 0.3 is 0 Å². The minimum absolute atomic E-state index is 0.0159. The molecule has 0 aliphatic heterocycles. The molecule has 1 aromatic rings. The summed E-state index contributed by atoms with van der Waals surface area (Å²) in [6.45, 7) is 11.5. The first kappa shape index (κ1) is 15.6. The van der Waals surface area contributed by atoms with E-state index in [9.17, 15) is 0 Å². The molecule has 1 aliphatic rings. The fourth-order valence-corrected chi connectivity index (χ4v) is 3.81. The van der Waals surface area contributed by atoms with Crippen molar-refractivity contribution in [3.8, 4) is 0 Å². The van der Waals surface area contributed by atoms with Crippen molar-refractivity contribution in [1.29, 1.82) is 0 Å². The van der Waals surface area contributed by atoms with Crippen LogP contribution in [0.4, 0.5) is 0 Å². The quantitative estimate of drug-likeness (QED) is 0.824. The molecule has 1 aliphatic carbocycles. The van der Waals surface area contributed by atoms with Gasteiger partial charge in [0.05, 0.1) is 0 Å². The SMILES string of the molecule is Cc1cc(C)cc(CC2(N)CCC(C(C)(C)C)CC2)c1. The topological polar surface area (TPSA) is 26.0 Å². The highest BCUT2D eigenvalue weighted by atomic mass is 14.7. The second-order valence-electron chi connectivity index (χ2n) is 8.18. The van der Waals surface area contributed by atoms with E-state index in [2.05, 4.69) is 52.8 Å². The van der Waals surface area contributed by atoms with Crippen LogP contribution in [0.1, 0.15) is 63.1 Å². The zero-order chi connectivity index (χ0) is 15.0. The normalized spacial score (nSPS) is 27.6. The molecule has 0 unspecified atom stereocenters. The molecular formula is C19H31N. The summed E-state index contributed by atoms with van der Waals surface area (Å²) >= 11 is 0. The van der Waals surface area contributed by atoms with E-state index in [0.717, 1.165) is 12.3 Å². The lowest BCUT2D eigenvalue weighted by Gasteiger charge is -2.42. The molecule has 0 atom stereocenters. The van der Waals surface area contributed by atoms with Crippen LogP contribution in [0.15, 0.2) is 18.2 Å². The molecule has 2 N–H and O–H groups in total. The molecule has 0 spiro atoms. The van der Waals surface area contributed by atoms with Gasteiger partial charge in [-0.2, -0.15) is 0 Å². The van der Waals surface area contributed by atoms with Crippen molar-refractivity contribution in [1.82, 2.24) is 0 Å². The largest absolute Gasteiger partial charge is 0.325 e. The highest BCUT2D eigenvalue weighted by Gasteiger charge is 2.36. The Bertz CT molecular complexity index is 439. The third-order valence-corrected chi connectivity index (χ3v) is 5.04. The van der Waals surface area contributed by atoms with E-state index in [0.29, 0.717) is 5.41 Å². The van der Waals surface area contributed by atoms with E-state index >= 15 is 0 Å². The van der Waals surface area contributed by atoms with Gasteiger partial charge in [0.1, 0.15) is 0 Å². The van der Waals surface area contributed by atoms with Crippen molar-refractivity contribution in [2.45, 2.75) is 72.3 Å². The molecule has 1 aromatic carbocycles. The predicted octanol–water partition coefficient (Wildman–Crippen LogP) is 4.78. The molecule has 0 heterocycles. The van der Waals surface area contributed by atoms with Crippen molar-refractivity contribution in [3.63, 3.8) is 0 Å². The van der Waals surface area contributed by atoms with E-state index in [1.807, 2.05) is 0 Å². The molecule has 0 radical (unpaired) electrons. The fraction of sp³-hybridized carbons (Fsp3) is 0.684. The summed E-state index contributed by atoms with van der Waals surface area (Å²) < 4.78 is 0. The van der Waals surface area contributed by atoms with E-state index in [1.54, 1.807) is 0 Å². The van der Waals surface area contributed by atoms with E-state index in [4.69, 9.17) is 5.73 Å². The standard InChI is InChI=1S/C19H31N/c1-14-10-15(2)12-16(11-14)13-19(20)8-6-17(7-9-19)18(3,4)5/h10-12,17H,6-9,13,20H2,1-5H3. The lowest BCUT2D eigenvalue weighted by Crippen LogP contribution is -2.46. The minimum atomic E-state index is 0.0159. The number of hydrogen-bond acceptors (Lipinski definition) is 1. The Balaban J connectivity index is 2.03. The van der Waals surface area contributed by atoms with Gasteiger partial charge in [-0.05, 0) is 62.8 Å². The molecule has 1 fully saturated rings. The Labute approximate surface area is 125 Å². The Morgan fingerprint density at radius 1 is 1.05 bits per heavy atom. The van der Waals surface area contributed by atoms with Crippen molar-refractivity contribution in [2.75, 3.05) is 0 Å². The molecule has 1 saturated carbocycles. The van der Waals surface area contributed by atoms with Crippen molar-refractivity contribution in [2.24, 2.45) is 17.1 Å². The predicted molar refractivity (Wildman–Crippen MR) is 88.0 cm³/mol. The van der Waals surface area contributed by atoms with E-state index < -0.39 is 0 Å². The van der Waals surface area contributed by atoms with Gasteiger partial charge in [0.25, 0.3) is 0 Å². The van der Waals surface area contributed by atoms with Crippen molar-refractivity contribution in [3.05, 3.63) is 34.9 Å². The maximum absolute atomic E-state index is 6.70. The first-order valence-electron chi connectivity index (χ1n) is 8.04. The number of nitrogens with two attached hydrogens (primary N) is 1. The van der Waals surface area contributed by atoms with Crippen LogP contribution in [0.3, 0.4) is 0 Å². The Morgan fingerprint density at radius 3 is 2.00 bits per heavy atom. The molecule has 2 rings (SSSR count). The third kappa shape index (κ3) is 3.85. The monoisotopic (exact) mass is 273 g/mol. The van der Waals surface area contributed by atoms with Gasteiger partial charge < -0.3 is 5.73 Å². The van der Waals surface area contributed by atoms with Crippen LogP contribution < -0.4 is 5.73 Å². The maximum Gasteiger partial charge on any atom is 0.0195 e. The van der Waals surface area contributed by atoms with Gasteiger partial charge in [0.15, 0.2) is 0 Å². The summed E-state index contributed by atoms with van der Waals surface area (Å²) in [7, 11) is 0. The number of rotatable bonds is 2. The van der Waals surface area contributed by atoms with Gasteiger partial charge in [-0.1, -0.05) is 50.1 Å². The van der Waals surface area contributed by atoms with Crippen molar-refractivity contribution >= 4 is 0 Å². The van der Waals surface area contributed by atoms with Crippen molar-refractivity contribution < 1.29 is 0 Å². The average Bonchev–Trinajstić information content (AvgIpc) is 2.25. The van der Waals surface area contributed by atoms with Crippen LogP contribution in [0.5, 0.6) is 0 Å². The second kappa shape index (κ2) is 5.52. The summed E-state index contributed by atoms with van der Waals surface area (Å²) in [5, 5.41) is 0. The lowest BCUT2D eigenvalue weighted by atomic mass is 9.66. The Kier molecular flexibility index (Phi) is 4.30. The molecule has 112 valence electrons. The van der Waals surface area contributed by atoms with Gasteiger partial charge in [0.2, 0.25) is 0 Å². The van der Waals surface area contributed by atoms with E-state index in [1.165, 1.54) is 42.4 Å². The molecule has 0 saturated heterocycles. The second-order valence-corrected chi connectivity index (χ2v) is 8.18. The lowest BCUT2D eigenvalue weighted by molar-refractivity contribution is 0.134. The fourth-order valence-electron chi connectivity index (χ4n) is 3.81. The zero-order valence-electron chi connectivity index (χ0n) is 13.9. The summed E-state index contributed by atoms with van der Waals surface area (Å²) in [5.74, 6) is 0.832. The molecule has 1 heteroatoms. The van der Waals surface area contributed by atoms with Crippen LogP contribution in [0, 0.1) is 25.2 Å². The summed E-state index contributed by atoms with van der Waals surface area (Å²) in [6.07, 6.45) is 5.94. The van der Waals surface area contributed by atoms with Gasteiger partial charge in [-0.15, -0.1) is 0 Å². The Hall–Kier alpha value is -0.820. The summed E-state index contributed by atoms with van der Waals surface area (Å²) in [5.41, 5.74) is 11.3.